The zero-order chi connectivity index (χ0) is 13.8. The van der Waals surface area contributed by atoms with Crippen LogP contribution >= 0.6 is 0 Å². The van der Waals surface area contributed by atoms with Gasteiger partial charge in [0.15, 0.2) is 11.5 Å². The van der Waals surface area contributed by atoms with E-state index in [0.29, 0.717) is 5.56 Å². The third-order valence-corrected chi connectivity index (χ3v) is 2.71. The van der Waals surface area contributed by atoms with Crippen molar-refractivity contribution in [2.45, 2.75) is 0 Å². The Labute approximate surface area is 110 Å². The lowest BCUT2D eigenvalue weighted by Gasteiger charge is -2.04. The highest BCUT2D eigenvalue weighted by atomic mass is 16.5. The van der Waals surface area contributed by atoms with E-state index in [0.717, 1.165) is 11.3 Å². The maximum atomic E-state index is 9.67. The standard InChI is InChI=1S/C15H14O4/c1-19-12-4-2-3-10(9-12)5-6-11-7-8-13(16)15(18)14(11)17/h2-9,16-18H,1H3/b6-5+. The average molecular weight is 258 g/mol. The molecule has 3 N–H and O–H groups in total. The highest BCUT2D eigenvalue weighted by Crippen LogP contribution is 2.37. The second-order valence-corrected chi connectivity index (χ2v) is 3.98. The van der Waals surface area contributed by atoms with Crippen LogP contribution in [0.4, 0.5) is 0 Å². The summed E-state index contributed by atoms with van der Waals surface area (Å²) in [5, 5.41) is 28.3. The number of hydrogen-bond donors (Lipinski definition) is 3. The van der Waals surface area contributed by atoms with Crippen molar-refractivity contribution in [3.63, 3.8) is 0 Å². The Hall–Kier alpha value is -2.62. The van der Waals surface area contributed by atoms with Gasteiger partial charge in [-0.25, -0.2) is 0 Å². The fourth-order valence-electron chi connectivity index (χ4n) is 1.65. The highest BCUT2D eigenvalue weighted by Gasteiger charge is 2.08. The van der Waals surface area contributed by atoms with Gasteiger partial charge in [-0.2, -0.15) is 0 Å². The largest absolute Gasteiger partial charge is 0.504 e. The first-order chi connectivity index (χ1) is 9.11. The molecule has 0 spiro atoms. The van der Waals surface area contributed by atoms with E-state index in [2.05, 4.69) is 0 Å². The van der Waals surface area contributed by atoms with E-state index >= 15 is 0 Å². The van der Waals surface area contributed by atoms with Crippen LogP contribution in [0, 0.1) is 0 Å². The normalized spacial score (nSPS) is 10.8. The van der Waals surface area contributed by atoms with Crippen molar-refractivity contribution in [1.82, 2.24) is 0 Å². The molecule has 0 bridgehead atoms. The fourth-order valence-corrected chi connectivity index (χ4v) is 1.65. The Bertz CT molecular complexity index is 618. The third-order valence-electron chi connectivity index (χ3n) is 2.71. The summed E-state index contributed by atoms with van der Waals surface area (Å²) in [6.07, 6.45) is 3.41. The molecule has 0 heterocycles. The quantitative estimate of drug-likeness (QED) is 0.584. The number of benzene rings is 2. The average Bonchev–Trinajstić information content (AvgIpc) is 2.44. The van der Waals surface area contributed by atoms with Crippen molar-refractivity contribution in [3.05, 3.63) is 47.5 Å². The van der Waals surface area contributed by atoms with Gasteiger partial charge in [0.1, 0.15) is 5.75 Å². The first-order valence-electron chi connectivity index (χ1n) is 5.68. The van der Waals surface area contributed by atoms with Gasteiger partial charge in [0, 0.05) is 5.56 Å². The molecule has 0 atom stereocenters. The third kappa shape index (κ3) is 2.80. The number of ether oxygens (including phenoxy) is 1. The van der Waals surface area contributed by atoms with Crippen LogP contribution in [0.1, 0.15) is 11.1 Å². The van der Waals surface area contributed by atoms with Crippen molar-refractivity contribution in [3.8, 4) is 23.0 Å². The van der Waals surface area contributed by atoms with E-state index in [1.165, 1.54) is 12.1 Å². The van der Waals surface area contributed by atoms with Crippen LogP contribution in [-0.4, -0.2) is 22.4 Å². The molecular weight excluding hydrogens is 244 g/mol. The molecule has 0 unspecified atom stereocenters. The molecule has 0 amide bonds. The molecule has 4 nitrogen and oxygen atoms in total. The first-order valence-corrected chi connectivity index (χ1v) is 5.68. The lowest BCUT2D eigenvalue weighted by molar-refractivity contribution is 0.367. The molecule has 0 aliphatic rings. The van der Waals surface area contributed by atoms with Crippen molar-refractivity contribution < 1.29 is 20.1 Å². The van der Waals surface area contributed by atoms with E-state index in [9.17, 15) is 15.3 Å². The highest BCUT2D eigenvalue weighted by molar-refractivity contribution is 5.75. The van der Waals surface area contributed by atoms with Gasteiger partial charge in [0.05, 0.1) is 7.11 Å². The van der Waals surface area contributed by atoms with E-state index < -0.39 is 5.75 Å². The summed E-state index contributed by atoms with van der Waals surface area (Å²) >= 11 is 0. The number of phenols is 3. The van der Waals surface area contributed by atoms with Crippen LogP contribution < -0.4 is 4.74 Å². The SMILES string of the molecule is COc1cccc(/C=C/c2ccc(O)c(O)c2O)c1. The maximum Gasteiger partial charge on any atom is 0.200 e. The van der Waals surface area contributed by atoms with E-state index in [-0.39, 0.29) is 11.5 Å². The van der Waals surface area contributed by atoms with Gasteiger partial charge in [-0.1, -0.05) is 24.3 Å². The zero-order valence-corrected chi connectivity index (χ0v) is 10.4. The second kappa shape index (κ2) is 5.35. The lowest BCUT2D eigenvalue weighted by atomic mass is 10.1. The van der Waals surface area contributed by atoms with Crippen LogP contribution in [-0.2, 0) is 0 Å². The summed E-state index contributed by atoms with van der Waals surface area (Å²) in [4.78, 5) is 0. The molecule has 0 radical (unpaired) electrons. The van der Waals surface area contributed by atoms with Crippen LogP contribution in [0.2, 0.25) is 0 Å². The van der Waals surface area contributed by atoms with Crippen molar-refractivity contribution in [2.24, 2.45) is 0 Å². The number of hydrogen-bond acceptors (Lipinski definition) is 4. The summed E-state index contributed by atoms with van der Waals surface area (Å²) in [5.41, 5.74) is 1.31. The molecular formula is C15H14O4. The molecule has 98 valence electrons. The monoisotopic (exact) mass is 258 g/mol. The summed E-state index contributed by atoms with van der Waals surface area (Å²) in [6.45, 7) is 0. The Morgan fingerprint density at radius 2 is 1.74 bits per heavy atom. The zero-order valence-electron chi connectivity index (χ0n) is 10.4. The summed E-state index contributed by atoms with van der Waals surface area (Å²) < 4.78 is 5.11. The molecule has 0 aliphatic heterocycles. The summed E-state index contributed by atoms with van der Waals surface area (Å²) in [5.74, 6) is -0.483. The predicted molar refractivity (Wildman–Crippen MR) is 73.4 cm³/mol. The Morgan fingerprint density at radius 3 is 2.47 bits per heavy atom. The number of rotatable bonds is 3. The van der Waals surface area contributed by atoms with Gasteiger partial charge in [0.25, 0.3) is 0 Å². The molecule has 0 saturated carbocycles. The fraction of sp³-hybridized carbons (Fsp3) is 0.0667. The van der Waals surface area contributed by atoms with Crippen LogP contribution in [0.25, 0.3) is 12.2 Å². The molecule has 2 rings (SSSR count). The second-order valence-electron chi connectivity index (χ2n) is 3.98. The Balaban J connectivity index is 2.30. The number of methoxy groups -OCH3 is 1. The molecule has 19 heavy (non-hydrogen) atoms. The molecule has 0 aliphatic carbocycles. The van der Waals surface area contributed by atoms with Crippen LogP contribution in [0.15, 0.2) is 36.4 Å². The predicted octanol–water partition coefficient (Wildman–Crippen LogP) is 2.98. The van der Waals surface area contributed by atoms with E-state index in [4.69, 9.17) is 4.74 Å². The van der Waals surface area contributed by atoms with Crippen molar-refractivity contribution in [1.29, 1.82) is 0 Å². The smallest absolute Gasteiger partial charge is 0.200 e. The van der Waals surface area contributed by atoms with Gasteiger partial charge in [-0.3, -0.25) is 0 Å². The van der Waals surface area contributed by atoms with Crippen molar-refractivity contribution in [2.75, 3.05) is 7.11 Å². The van der Waals surface area contributed by atoms with Gasteiger partial charge < -0.3 is 20.1 Å². The minimum absolute atomic E-state index is 0.348. The van der Waals surface area contributed by atoms with Gasteiger partial charge >= 0.3 is 0 Å². The minimum Gasteiger partial charge on any atom is -0.504 e. The minimum atomic E-state index is -0.521. The van der Waals surface area contributed by atoms with E-state index in [1.807, 2.05) is 24.3 Å². The summed E-state index contributed by atoms with van der Waals surface area (Å²) in [6, 6.07) is 10.2. The molecule has 2 aromatic carbocycles. The van der Waals surface area contributed by atoms with Crippen LogP contribution in [0.5, 0.6) is 23.0 Å². The Morgan fingerprint density at radius 1 is 0.947 bits per heavy atom. The topological polar surface area (TPSA) is 69.9 Å². The van der Waals surface area contributed by atoms with Gasteiger partial charge in [-0.15, -0.1) is 0 Å². The molecule has 2 aromatic rings. The van der Waals surface area contributed by atoms with Crippen molar-refractivity contribution >= 4 is 12.2 Å². The van der Waals surface area contributed by atoms with Gasteiger partial charge in [-0.05, 0) is 29.8 Å². The maximum absolute atomic E-state index is 9.67. The van der Waals surface area contributed by atoms with Gasteiger partial charge in [0.2, 0.25) is 5.75 Å². The molecule has 4 heteroatoms. The first kappa shape index (κ1) is 12.8. The van der Waals surface area contributed by atoms with E-state index in [1.54, 1.807) is 19.3 Å². The number of phenolic OH excluding ortho intramolecular Hbond substituents is 3. The lowest BCUT2D eigenvalue weighted by Crippen LogP contribution is -1.82. The molecule has 0 fully saturated rings. The summed E-state index contributed by atoms with van der Waals surface area (Å²) in [7, 11) is 1.59. The number of aromatic hydroxyl groups is 3. The Kier molecular flexibility index (Phi) is 3.61. The molecule has 0 aromatic heterocycles. The van der Waals surface area contributed by atoms with Crippen LogP contribution in [0.3, 0.4) is 0 Å². The molecule has 0 saturated heterocycles.